The molecular weight excluding hydrogens is 355 g/mol. The average Bonchev–Trinajstić information content (AvgIpc) is 3.02. The van der Waals surface area contributed by atoms with Crippen LogP contribution in [0.1, 0.15) is 12.5 Å². The van der Waals surface area contributed by atoms with Gasteiger partial charge in [-0.3, -0.25) is 0 Å². The molecule has 0 fully saturated rings. The van der Waals surface area contributed by atoms with Crippen molar-refractivity contribution in [1.29, 1.82) is 0 Å². The second-order valence-corrected chi connectivity index (χ2v) is 5.97. The van der Waals surface area contributed by atoms with Gasteiger partial charge in [0.05, 0.1) is 5.02 Å². The second-order valence-electron chi connectivity index (χ2n) is 5.13. The largest absolute Gasteiger partial charge is 0.477 e. The van der Waals surface area contributed by atoms with Gasteiger partial charge in [0.2, 0.25) is 6.79 Å². The van der Waals surface area contributed by atoms with Crippen molar-refractivity contribution in [3.63, 3.8) is 0 Å². The SMILES string of the molecule is C[C@@H](Oc1ccc(Cl)cc1Cl)C(=O)OCc1ccc2c(c1)OCO2. The van der Waals surface area contributed by atoms with Crippen molar-refractivity contribution in [1.82, 2.24) is 0 Å². The zero-order valence-electron chi connectivity index (χ0n) is 12.8. The van der Waals surface area contributed by atoms with Crippen molar-refractivity contribution in [2.45, 2.75) is 19.6 Å². The summed E-state index contributed by atoms with van der Waals surface area (Å²) in [6, 6.07) is 10.1. The van der Waals surface area contributed by atoms with E-state index in [9.17, 15) is 4.79 Å². The normalized spacial score (nSPS) is 13.5. The molecule has 2 aromatic carbocycles. The van der Waals surface area contributed by atoms with Crippen molar-refractivity contribution in [3.05, 3.63) is 52.0 Å². The standard InChI is InChI=1S/C17H14Cl2O5/c1-10(24-14-5-3-12(18)7-13(14)19)17(20)21-8-11-2-4-15-16(6-11)23-9-22-15/h2-7,10H,8-9H2,1H3/t10-/m1/s1. The van der Waals surface area contributed by atoms with Gasteiger partial charge in [-0.15, -0.1) is 0 Å². The summed E-state index contributed by atoms with van der Waals surface area (Å²) >= 11 is 11.8. The lowest BCUT2D eigenvalue weighted by atomic mass is 10.2. The van der Waals surface area contributed by atoms with E-state index in [4.69, 9.17) is 42.1 Å². The topological polar surface area (TPSA) is 54.0 Å². The van der Waals surface area contributed by atoms with Gasteiger partial charge in [-0.2, -0.15) is 0 Å². The number of ether oxygens (including phenoxy) is 4. The van der Waals surface area contributed by atoms with Crippen molar-refractivity contribution in [2.24, 2.45) is 0 Å². The van der Waals surface area contributed by atoms with Crippen LogP contribution in [0.2, 0.25) is 10.0 Å². The molecule has 0 N–H and O–H groups in total. The first-order chi connectivity index (χ1) is 11.5. The number of hydrogen-bond donors (Lipinski definition) is 0. The van der Waals surface area contributed by atoms with Gasteiger partial charge in [0.1, 0.15) is 12.4 Å². The summed E-state index contributed by atoms with van der Waals surface area (Å²) < 4.78 is 21.3. The smallest absolute Gasteiger partial charge is 0.347 e. The van der Waals surface area contributed by atoms with Gasteiger partial charge >= 0.3 is 5.97 Å². The van der Waals surface area contributed by atoms with E-state index in [1.165, 1.54) is 0 Å². The first-order valence-electron chi connectivity index (χ1n) is 7.20. The minimum atomic E-state index is -0.808. The molecule has 1 aliphatic rings. The highest BCUT2D eigenvalue weighted by Gasteiger charge is 2.19. The first kappa shape index (κ1) is 16.7. The molecule has 1 heterocycles. The lowest BCUT2D eigenvalue weighted by Gasteiger charge is -2.15. The predicted molar refractivity (Wildman–Crippen MR) is 88.9 cm³/mol. The molecule has 7 heteroatoms. The Morgan fingerprint density at radius 1 is 1.17 bits per heavy atom. The number of halogens is 2. The Kier molecular flexibility index (Phi) is 5.02. The van der Waals surface area contributed by atoms with Gasteiger partial charge in [-0.05, 0) is 42.8 Å². The maximum Gasteiger partial charge on any atom is 0.347 e. The Balaban J connectivity index is 1.56. The zero-order valence-corrected chi connectivity index (χ0v) is 14.3. The minimum Gasteiger partial charge on any atom is -0.477 e. The summed E-state index contributed by atoms with van der Waals surface area (Å²) in [5.74, 6) is 1.19. The highest BCUT2D eigenvalue weighted by molar-refractivity contribution is 6.35. The lowest BCUT2D eigenvalue weighted by Crippen LogP contribution is -2.26. The van der Waals surface area contributed by atoms with Gasteiger partial charge in [0, 0.05) is 5.02 Å². The van der Waals surface area contributed by atoms with Gasteiger partial charge < -0.3 is 18.9 Å². The first-order valence-corrected chi connectivity index (χ1v) is 7.95. The summed E-state index contributed by atoms with van der Waals surface area (Å²) in [4.78, 5) is 12.1. The third kappa shape index (κ3) is 3.86. The Bertz CT molecular complexity index is 763. The van der Waals surface area contributed by atoms with E-state index >= 15 is 0 Å². The van der Waals surface area contributed by atoms with Crippen LogP contribution in [0.4, 0.5) is 0 Å². The summed E-state index contributed by atoms with van der Waals surface area (Å²) in [6.07, 6.45) is -0.808. The maximum absolute atomic E-state index is 12.1. The molecule has 24 heavy (non-hydrogen) atoms. The van der Waals surface area contributed by atoms with Crippen molar-refractivity contribution in [2.75, 3.05) is 6.79 Å². The third-order valence-electron chi connectivity index (χ3n) is 3.35. The molecule has 0 radical (unpaired) electrons. The molecule has 0 saturated heterocycles. The Morgan fingerprint density at radius 3 is 2.75 bits per heavy atom. The van der Waals surface area contributed by atoms with Crippen LogP contribution in [0.5, 0.6) is 17.2 Å². The van der Waals surface area contributed by atoms with Crippen LogP contribution in [0.3, 0.4) is 0 Å². The molecule has 0 aromatic heterocycles. The average molecular weight is 369 g/mol. The fourth-order valence-corrected chi connectivity index (χ4v) is 2.56. The maximum atomic E-state index is 12.1. The van der Waals surface area contributed by atoms with E-state index < -0.39 is 12.1 Å². The van der Waals surface area contributed by atoms with Gasteiger partial charge in [-0.25, -0.2) is 4.79 Å². The van der Waals surface area contributed by atoms with E-state index in [1.54, 1.807) is 37.3 Å². The Labute approximate surface area is 149 Å². The summed E-state index contributed by atoms with van der Waals surface area (Å²) in [5.41, 5.74) is 0.796. The molecule has 0 unspecified atom stereocenters. The van der Waals surface area contributed by atoms with Crippen LogP contribution >= 0.6 is 23.2 Å². The summed E-state index contributed by atoms with van der Waals surface area (Å²) in [7, 11) is 0. The number of benzene rings is 2. The van der Waals surface area contributed by atoms with Crippen LogP contribution < -0.4 is 14.2 Å². The molecule has 2 aromatic rings. The lowest BCUT2D eigenvalue weighted by molar-refractivity contribution is -0.152. The minimum absolute atomic E-state index is 0.109. The molecule has 0 spiro atoms. The van der Waals surface area contributed by atoms with Crippen LogP contribution in [0.15, 0.2) is 36.4 Å². The summed E-state index contributed by atoms with van der Waals surface area (Å²) in [6.45, 7) is 1.90. The molecule has 0 saturated carbocycles. The summed E-state index contributed by atoms with van der Waals surface area (Å²) in [5, 5.41) is 0.823. The number of fused-ring (bicyclic) bond motifs is 1. The molecule has 1 atom stereocenters. The quantitative estimate of drug-likeness (QED) is 0.739. The molecule has 0 amide bonds. The van der Waals surface area contributed by atoms with E-state index in [2.05, 4.69) is 0 Å². The number of hydrogen-bond acceptors (Lipinski definition) is 5. The van der Waals surface area contributed by atoms with Crippen molar-refractivity contribution >= 4 is 29.2 Å². The third-order valence-corrected chi connectivity index (χ3v) is 3.88. The Morgan fingerprint density at radius 2 is 1.96 bits per heavy atom. The Hall–Kier alpha value is -2.11. The van der Waals surface area contributed by atoms with Crippen LogP contribution in [-0.4, -0.2) is 18.9 Å². The van der Waals surface area contributed by atoms with Crippen molar-refractivity contribution < 1.29 is 23.7 Å². The van der Waals surface area contributed by atoms with E-state index in [0.29, 0.717) is 27.3 Å². The number of esters is 1. The number of rotatable bonds is 5. The van der Waals surface area contributed by atoms with Gasteiger partial charge in [0.15, 0.2) is 17.6 Å². The predicted octanol–water partition coefficient (Wildman–Crippen LogP) is 4.23. The molecule has 0 bridgehead atoms. The van der Waals surface area contributed by atoms with Crippen LogP contribution in [0.25, 0.3) is 0 Å². The number of carbonyl (C=O) groups excluding carboxylic acids is 1. The van der Waals surface area contributed by atoms with Crippen LogP contribution in [0, 0.1) is 0 Å². The highest BCUT2D eigenvalue weighted by atomic mass is 35.5. The van der Waals surface area contributed by atoms with Gasteiger partial charge in [-0.1, -0.05) is 29.3 Å². The van der Waals surface area contributed by atoms with Crippen LogP contribution in [-0.2, 0) is 16.1 Å². The van der Waals surface area contributed by atoms with Gasteiger partial charge in [0.25, 0.3) is 0 Å². The van der Waals surface area contributed by atoms with E-state index in [-0.39, 0.29) is 13.4 Å². The molecule has 126 valence electrons. The monoisotopic (exact) mass is 368 g/mol. The fourth-order valence-electron chi connectivity index (χ4n) is 2.11. The highest BCUT2D eigenvalue weighted by Crippen LogP contribution is 2.32. The fraction of sp³-hybridized carbons (Fsp3) is 0.235. The second kappa shape index (κ2) is 7.20. The molecular formula is C17H14Cl2O5. The van der Waals surface area contributed by atoms with E-state index in [0.717, 1.165) is 5.56 Å². The molecule has 1 aliphatic heterocycles. The molecule has 0 aliphatic carbocycles. The van der Waals surface area contributed by atoms with E-state index in [1.807, 2.05) is 6.07 Å². The van der Waals surface area contributed by atoms with Crippen molar-refractivity contribution in [3.8, 4) is 17.2 Å². The molecule has 5 nitrogen and oxygen atoms in total. The zero-order chi connectivity index (χ0) is 17.1. The number of carbonyl (C=O) groups is 1. The molecule has 3 rings (SSSR count).